The predicted molar refractivity (Wildman–Crippen MR) is 79.6 cm³/mol. The molecule has 1 aromatic rings. The summed E-state index contributed by atoms with van der Waals surface area (Å²) in [5.74, 6) is 0.0509. The number of fused-ring (bicyclic) bond motifs is 1. The van der Waals surface area contributed by atoms with Gasteiger partial charge in [-0.15, -0.1) is 0 Å². The lowest BCUT2D eigenvalue weighted by molar-refractivity contribution is -0.128. The van der Waals surface area contributed by atoms with Crippen LogP contribution in [0.25, 0.3) is 0 Å². The monoisotopic (exact) mass is 276 g/mol. The topological polar surface area (TPSA) is 50.4 Å². The molecule has 1 unspecified atom stereocenters. The molecule has 4 nitrogen and oxygen atoms in total. The second kappa shape index (κ2) is 6.37. The van der Waals surface area contributed by atoms with Gasteiger partial charge in [-0.3, -0.25) is 4.79 Å². The van der Waals surface area contributed by atoms with E-state index in [1.165, 1.54) is 11.1 Å². The number of benzene rings is 1. The van der Waals surface area contributed by atoms with Gasteiger partial charge in [0.2, 0.25) is 5.91 Å². The van der Waals surface area contributed by atoms with Gasteiger partial charge in [-0.2, -0.15) is 0 Å². The number of nitrogens with one attached hydrogen (secondary N) is 2. The van der Waals surface area contributed by atoms with Gasteiger partial charge in [-0.05, 0) is 31.4 Å². The lowest BCUT2D eigenvalue weighted by Crippen LogP contribution is -2.43. The molecule has 0 aliphatic carbocycles. The van der Waals surface area contributed by atoms with Crippen molar-refractivity contribution in [2.24, 2.45) is 5.41 Å². The fourth-order valence-electron chi connectivity index (χ4n) is 2.58. The maximum atomic E-state index is 11.7. The third-order valence-corrected chi connectivity index (χ3v) is 3.83. The van der Waals surface area contributed by atoms with Crippen LogP contribution >= 0.6 is 0 Å². The van der Waals surface area contributed by atoms with E-state index in [-0.39, 0.29) is 12.0 Å². The Morgan fingerprint density at radius 1 is 1.40 bits per heavy atom. The molecule has 0 bridgehead atoms. The van der Waals surface area contributed by atoms with Crippen LogP contribution in [0.5, 0.6) is 0 Å². The molecule has 1 aliphatic rings. The van der Waals surface area contributed by atoms with Gasteiger partial charge in [0.15, 0.2) is 0 Å². The molecule has 0 radical (unpaired) electrons. The van der Waals surface area contributed by atoms with Gasteiger partial charge < -0.3 is 15.4 Å². The first-order chi connectivity index (χ1) is 9.54. The van der Waals surface area contributed by atoms with E-state index < -0.39 is 5.41 Å². The number of carbonyl (C=O) groups excluding carboxylic acids is 1. The molecule has 20 heavy (non-hydrogen) atoms. The third kappa shape index (κ3) is 3.38. The smallest absolute Gasteiger partial charge is 0.226 e. The van der Waals surface area contributed by atoms with Crippen molar-refractivity contribution in [1.82, 2.24) is 10.6 Å². The molecule has 0 aromatic heterocycles. The average Bonchev–Trinajstić information content (AvgIpc) is 2.46. The maximum Gasteiger partial charge on any atom is 0.226 e. The Kier molecular flexibility index (Phi) is 4.78. The average molecular weight is 276 g/mol. The molecule has 4 heteroatoms. The minimum Gasteiger partial charge on any atom is -0.372 e. The lowest BCUT2D eigenvalue weighted by atomic mass is 9.92. The van der Waals surface area contributed by atoms with Gasteiger partial charge in [0, 0.05) is 20.1 Å². The Hall–Kier alpha value is -1.39. The molecule has 110 valence electrons. The highest BCUT2D eigenvalue weighted by Crippen LogP contribution is 2.26. The fourth-order valence-corrected chi connectivity index (χ4v) is 2.58. The molecule has 1 amide bonds. The first-order valence-corrected chi connectivity index (χ1v) is 7.17. The van der Waals surface area contributed by atoms with Crippen molar-refractivity contribution in [3.63, 3.8) is 0 Å². The quantitative estimate of drug-likeness (QED) is 0.860. The second-order valence-electron chi connectivity index (χ2n) is 5.90. The van der Waals surface area contributed by atoms with Crippen molar-refractivity contribution < 1.29 is 9.53 Å². The van der Waals surface area contributed by atoms with Crippen molar-refractivity contribution in [2.45, 2.75) is 26.4 Å². The van der Waals surface area contributed by atoms with Gasteiger partial charge in [0.1, 0.15) is 0 Å². The maximum absolute atomic E-state index is 11.7. The summed E-state index contributed by atoms with van der Waals surface area (Å²) in [5.41, 5.74) is 2.23. The Labute approximate surface area is 120 Å². The predicted octanol–water partition coefficient (Wildman–Crippen LogP) is 1.66. The summed E-state index contributed by atoms with van der Waals surface area (Å²) in [6.45, 7) is 6.01. The first-order valence-electron chi connectivity index (χ1n) is 7.17. The van der Waals surface area contributed by atoms with Crippen LogP contribution in [0.15, 0.2) is 24.3 Å². The molecule has 1 atom stereocenters. The van der Waals surface area contributed by atoms with E-state index in [9.17, 15) is 4.79 Å². The normalized spacial score (nSPS) is 18.4. The standard InChI is InChI=1S/C16H24N2O2/c1-16(2,15(19)17-3)11-18-10-14-13-7-5-4-6-12(13)8-9-20-14/h4-7,14,18H,8-11H2,1-3H3,(H,17,19). The largest absolute Gasteiger partial charge is 0.372 e. The molecule has 2 rings (SSSR count). The van der Waals surface area contributed by atoms with E-state index in [1.807, 2.05) is 13.8 Å². The zero-order valence-corrected chi connectivity index (χ0v) is 12.5. The van der Waals surface area contributed by atoms with E-state index >= 15 is 0 Å². The molecule has 0 fully saturated rings. The highest BCUT2D eigenvalue weighted by molar-refractivity contribution is 5.81. The van der Waals surface area contributed by atoms with Crippen LogP contribution in [-0.4, -0.2) is 32.7 Å². The number of rotatable bonds is 5. The highest BCUT2D eigenvalue weighted by atomic mass is 16.5. The summed E-state index contributed by atoms with van der Waals surface area (Å²) >= 11 is 0. The van der Waals surface area contributed by atoms with Crippen LogP contribution in [0.3, 0.4) is 0 Å². The molecule has 1 aliphatic heterocycles. The molecule has 2 N–H and O–H groups in total. The van der Waals surface area contributed by atoms with E-state index in [0.717, 1.165) is 19.6 Å². The fraction of sp³-hybridized carbons (Fsp3) is 0.562. The summed E-state index contributed by atoms with van der Waals surface area (Å²) in [5, 5.41) is 6.06. The second-order valence-corrected chi connectivity index (χ2v) is 5.90. The third-order valence-electron chi connectivity index (χ3n) is 3.83. The molecule has 0 spiro atoms. The molecular weight excluding hydrogens is 252 g/mol. The number of amides is 1. The molecular formula is C16H24N2O2. The number of hydrogen-bond acceptors (Lipinski definition) is 3. The minimum atomic E-state index is -0.414. The minimum absolute atomic E-state index is 0.0509. The van der Waals surface area contributed by atoms with Crippen molar-refractivity contribution in [1.29, 1.82) is 0 Å². The van der Waals surface area contributed by atoms with Crippen LogP contribution in [0.4, 0.5) is 0 Å². The zero-order chi connectivity index (χ0) is 14.6. The van der Waals surface area contributed by atoms with Crippen LogP contribution in [0.1, 0.15) is 31.1 Å². The van der Waals surface area contributed by atoms with Crippen LogP contribution in [0.2, 0.25) is 0 Å². The van der Waals surface area contributed by atoms with E-state index in [0.29, 0.717) is 6.54 Å². The van der Waals surface area contributed by atoms with Crippen molar-refractivity contribution in [3.05, 3.63) is 35.4 Å². The van der Waals surface area contributed by atoms with Gasteiger partial charge in [0.05, 0.1) is 18.1 Å². The Balaban J connectivity index is 1.91. The van der Waals surface area contributed by atoms with Gasteiger partial charge >= 0.3 is 0 Å². The molecule has 0 saturated carbocycles. The summed E-state index contributed by atoms with van der Waals surface area (Å²) in [7, 11) is 1.67. The van der Waals surface area contributed by atoms with Crippen LogP contribution < -0.4 is 10.6 Å². The Morgan fingerprint density at radius 3 is 2.90 bits per heavy atom. The van der Waals surface area contributed by atoms with Gasteiger partial charge in [-0.1, -0.05) is 24.3 Å². The Morgan fingerprint density at radius 2 is 2.15 bits per heavy atom. The molecule has 0 saturated heterocycles. The number of hydrogen-bond donors (Lipinski definition) is 2. The lowest BCUT2D eigenvalue weighted by Gasteiger charge is -2.28. The Bertz CT molecular complexity index is 471. The summed E-state index contributed by atoms with van der Waals surface area (Å²) in [6, 6.07) is 8.42. The van der Waals surface area contributed by atoms with E-state index in [4.69, 9.17) is 4.74 Å². The summed E-state index contributed by atoms with van der Waals surface area (Å²) in [4.78, 5) is 11.7. The van der Waals surface area contributed by atoms with Crippen LogP contribution in [0, 0.1) is 5.41 Å². The van der Waals surface area contributed by atoms with Crippen LogP contribution in [-0.2, 0) is 16.0 Å². The first kappa shape index (κ1) is 15.0. The summed E-state index contributed by atoms with van der Waals surface area (Å²) in [6.07, 6.45) is 1.07. The highest BCUT2D eigenvalue weighted by Gasteiger charge is 2.27. The SMILES string of the molecule is CNC(=O)C(C)(C)CNCC1OCCc2ccccc21. The van der Waals surface area contributed by atoms with E-state index in [2.05, 4.69) is 34.9 Å². The van der Waals surface area contributed by atoms with Gasteiger partial charge in [0.25, 0.3) is 0 Å². The van der Waals surface area contributed by atoms with E-state index in [1.54, 1.807) is 7.05 Å². The van der Waals surface area contributed by atoms with Gasteiger partial charge in [-0.25, -0.2) is 0 Å². The zero-order valence-electron chi connectivity index (χ0n) is 12.5. The molecule has 1 aromatic carbocycles. The molecule has 1 heterocycles. The van der Waals surface area contributed by atoms with Crippen molar-refractivity contribution in [3.8, 4) is 0 Å². The summed E-state index contributed by atoms with van der Waals surface area (Å²) < 4.78 is 5.84. The number of carbonyl (C=O) groups is 1. The van der Waals surface area contributed by atoms with Crippen molar-refractivity contribution >= 4 is 5.91 Å². The number of ether oxygens (including phenoxy) is 1. The van der Waals surface area contributed by atoms with Crippen molar-refractivity contribution in [2.75, 3.05) is 26.7 Å².